The van der Waals surface area contributed by atoms with Crippen LogP contribution in [0.4, 0.5) is 5.69 Å². The molecule has 43 heavy (non-hydrogen) atoms. The van der Waals surface area contributed by atoms with E-state index in [9.17, 15) is 14.7 Å². The minimum atomic E-state index is -0.800. The Morgan fingerprint density at radius 3 is 2.33 bits per heavy atom. The highest BCUT2D eigenvalue weighted by molar-refractivity contribution is 6.01. The number of nitrogens with one attached hydrogen (secondary N) is 1. The van der Waals surface area contributed by atoms with Crippen molar-refractivity contribution in [1.82, 2.24) is 5.32 Å². The number of benzene rings is 4. The zero-order chi connectivity index (χ0) is 30.6. The fraction of sp³-hybridized carbons (Fsp3) is 0.278. The Kier molecular flexibility index (Phi) is 8.94. The highest BCUT2D eigenvalue weighted by atomic mass is 16.5. The molecule has 2 amide bonds. The molecule has 1 aliphatic heterocycles. The highest BCUT2D eigenvalue weighted by Gasteiger charge is 2.39. The Balaban J connectivity index is 1.51. The SMILES string of the molecule is COc1ccc(C2Cc3ccccc3N(Cc3ccc(-c4ccccc4CO)cc3)C(=O)C2NC(=O)CC(C)(C)N)cc1. The lowest BCUT2D eigenvalue weighted by Gasteiger charge is -2.30. The summed E-state index contributed by atoms with van der Waals surface area (Å²) in [6.07, 6.45) is 0.661. The number of hydrogen-bond acceptors (Lipinski definition) is 5. The third-order valence-electron chi connectivity index (χ3n) is 7.93. The number of hydrogen-bond donors (Lipinski definition) is 3. The summed E-state index contributed by atoms with van der Waals surface area (Å²) < 4.78 is 5.37. The van der Waals surface area contributed by atoms with E-state index in [0.717, 1.165) is 44.8 Å². The van der Waals surface area contributed by atoms with Crippen LogP contribution in [-0.2, 0) is 29.2 Å². The summed E-state index contributed by atoms with van der Waals surface area (Å²) in [6.45, 7) is 3.89. The molecule has 0 aromatic heterocycles. The summed E-state index contributed by atoms with van der Waals surface area (Å²) in [7, 11) is 1.62. The lowest BCUT2D eigenvalue weighted by molar-refractivity contribution is -0.128. The maximum absolute atomic E-state index is 14.5. The van der Waals surface area contributed by atoms with Crippen molar-refractivity contribution < 1.29 is 19.4 Å². The van der Waals surface area contributed by atoms with Crippen LogP contribution in [0.2, 0.25) is 0 Å². The van der Waals surface area contributed by atoms with Gasteiger partial charge in [0.25, 0.3) is 5.91 Å². The van der Waals surface area contributed by atoms with Crippen LogP contribution in [0.15, 0.2) is 97.1 Å². The number of carbonyl (C=O) groups excluding carboxylic acids is 2. The van der Waals surface area contributed by atoms with E-state index in [-0.39, 0.29) is 30.8 Å². The molecule has 222 valence electrons. The van der Waals surface area contributed by atoms with Crippen molar-refractivity contribution in [3.63, 3.8) is 0 Å². The molecule has 0 fully saturated rings. The maximum atomic E-state index is 14.5. The van der Waals surface area contributed by atoms with Crippen molar-refractivity contribution in [1.29, 1.82) is 0 Å². The quantitative estimate of drug-likeness (QED) is 0.249. The zero-order valence-electron chi connectivity index (χ0n) is 24.9. The average Bonchev–Trinajstić information content (AvgIpc) is 3.11. The number of nitrogens with zero attached hydrogens (tertiary/aromatic N) is 1. The molecule has 0 spiro atoms. The monoisotopic (exact) mass is 577 g/mol. The van der Waals surface area contributed by atoms with Crippen LogP contribution >= 0.6 is 0 Å². The predicted molar refractivity (Wildman–Crippen MR) is 170 cm³/mol. The summed E-state index contributed by atoms with van der Waals surface area (Å²) >= 11 is 0. The van der Waals surface area contributed by atoms with E-state index in [1.807, 2.05) is 97.1 Å². The normalized spacial score (nSPS) is 16.8. The minimum Gasteiger partial charge on any atom is -0.497 e. The van der Waals surface area contributed by atoms with E-state index in [0.29, 0.717) is 13.0 Å². The first-order chi connectivity index (χ1) is 20.7. The second-order valence-corrected chi connectivity index (χ2v) is 11.9. The van der Waals surface area contributed by atoms with Crippen molar-refractivity contribution in [3.8, 4) is 16.9 Å². The van der Waals surface area contributed by atoms with Gasteiger partial charge in [-0.25, -0.2) is 0 Å². The molecule has 2 unspecified atom stereocenters. The predicted octanol–water partition coefficient (Wildman–Crippen LogP) is 5.34. The molecule has 0 radical (unpaired) electrons. The largest absolute Gasteiger partial charge is 0.497 e. The van der Waals surface area contributed by atoms with Crippen LogP contribution in [0.25, 0.3) is 11.1 Å². The fourth-order valence-corrected chi connectivity index (χ4v) is 5.80. The van der Waals surface area contributed by atoms with Crippen molar-refractivity contribution in [3.05, 3.63) is 119 Å². The third kappa shape index (κ3) is 6.96. The Hall–Kier alpha value is -4.46. The van der Waals surface area contributed by atoms with Crippen molar-refractivity contribution >= 4 is 17.5 Å². The Labute approximate surface area is 253 Å². The van der Waals surface area contributed by atoms with Gasteiger partial charge in [0.15, 0.2) is 0 Å². The number of para-hydroxylation sites is 1. The Morgan fingerprint density at radius 2 is 1.65 bits per heavy atom. The van der Waals surface area contributed by atoms with Gasteiger partial charge < -0.3 is 25.8 Å². The van der Waals surface area contributed by atoms with Gasteiger partial charge in [0.1, 0.15) is 11.8 Å². The first-order valence-corrected chi connectivity index (χ1v) is 14.6. The smallest absolute Gasteiger partial charge is 0.250 e. The van der Waals surface area contributed by atoms with Crippen LogP contribution in [0.1, 0.15) is 48.4 Å². The van der Waals surface area contributed by atoms with E-state index in [4.69, 9.17) is 10.5 Å². The van der Waals surface area contributed by atoms with Crippen LogP contribution in [0, 0.1) is 0 Å². The van der Waals surface area contributed by atoms with Crippen molar-refractivity contribution in [2.75, 3.05) is 12.0 Å². The Bertz CT molecular complexity index is 1580. The molecular formula is C36H39N3O4. The number of aliphatic hydroxyl groups is 1. The summed E-state index contributed by atoms with van der Waals surface area (Å²) in [5.74, 6) is -0.0150. The number of rotatable bonds is 9. The number of carbonyl (C=O) groups is 2. The second kappa shape index (κ2) is 12.8. The average molecular weight is 578 g/mol. The third-order valence-corrected chi connectivity index (χ3v) is 7.93. The molecule has 7 nitrogen and oxygen atoms in total. The minimum absolute atomic E-state index is 0.0409. The number of amides is 2. The van der Waals surface area contributed by atoms with Crippen molar-refractivity contribution in [2.45, 2.75) is 57.3 Å². The van der Waals surface area contributed by atoms with Gasteiger partial charge in [0.2, 0.25) is 5.91 Å². The van der Waals surface area contributed by atoms with E-state index < -0.39 is 11.6 Å². The number of aliphatic hydroxyl groups excluding tert-OH is 1. The standard InChI is InChI=1S/C36H39N3O4/c1-36(2,37)21-33(41)38-34-31(26-16-18-29(43-3)19-17-26)20-27-8-5-7-11-32(27)39(35(34)42)22-24-12-14-25(15-13-24)30-10-6-4-9-28(30)23-40/h4-19,31,34,40H,20-23,37H2,1-3H3,(H,38,41). The molecule has 0 bridgehead atoms. The molecule has 7 heteroatoms. The van der Waals surface area contributed by atoms with Crippen LogP contribution in [0.5, 0.6) is 5.75 Å². The summed E-state index contributed by atoms with van der Waals surface area (Å²) in [4.78, 5) is 29.5. The van der Waals surface area contributed by atoms with Gasteiger partial charge in [-0.15, -0.1) is 0 Å². The second-order valence-electron chi connectivity index (χ2n) is 11.9. The van der Waals surface area contributed by atoms with Crippen molar-refractivity contribution in [2.24, 2.45) is 5.73 Å². The van der Waals surface area contributed by atoms with E-state index >= 15 is 0 Å². The van der Waals surface area contributed by atoms with Gasteiger partial charge in [-0.1, -0.05) is 78.9 Å². The maximum Gasteiger partial charge on any atom is 0.250 e. The molecule has 0 saturated heterocycles. The topological polar surface area (TPSA) is 105 Å². The summed E-state index contributed by atoms with van der Waals surface area (Å²) in [5.41, 5.74) is 12.0. The number of fused-ring (bicyclic) bond motifs is 1. The van der Waals surface area contributed by atoms with Crippen LogP contribution in [0.3, 0.4) is 0 Å². The molecule has 4 aromatic carbocycles. The van der Waals surface area contributed by atoms with Gasteiger partial charge in [-0.2, -0.15) is 0 Å². The van der Waals surface area contributed by atoms with E-state index in [2.05, 4.69) is 5.32 Å². The molecule has 0 aliphatic carbocycles. The van der Waals surface area contributed by atoms with Gasteiger partial charge in [0.05, 0.1) is 20.3 Å². The fourth-order valence-electron chi connectivity index (χ4n) is 5.80. The first kappa shape index (κ1) is 30.0. The van der Waals surface area contributed by atoms with Gasteiger partial charge >= 0.3 is 0 Å². The van der Waals surface area contributed by atoms with Gasteiger partial charge in [0, 0.05) is 23.6 Å². The molecule has 5 rings (SSSR count). The number of ether oxygens (including phenoxy) is 1. The number of methoxy groups -OCH3 is 1. The molecule has 4 N–H and O–H groups in total. The summed E-state index contributed by atoms with van der Waals surface area (Å²) in [6, 6.07) is 30.6. The summed E-state index contributed by atoms with van der Waals surface area (Å²) in [5, 5.41) is 12.9. The molecule has 2 atom stereocenters. The molecule has 1 aliphatic rings. The lowest BCUT2D eigenvalue weighted by atomic mass is 9.86. The lowest BCUT2D eigenvalue weighted by Crippen LogP contribution is -2.52. The van der Waals surface area contributed by atoms with E-state index in [1.54, 1.807) is 25.9 Å². The molecule has 0 saturated carbocycles. The highest BCUT2D eigenvalue weighted by Crippen LogP contribution is 2.37. The van der Waals surface area contributed by atoms with Gasteiger partial charge in [-0.05, 0) is 71.8 Å². The van der Waals surface area contributed by atoms with Gasteiger partial charge in [-0.3, -0.25) is 9.59 Å². The molecule has 1 heterocycles. The van der Waals surface area contributed by atoms with Crippen LogP contribution < -0.4 is 20.7 Å². The number of nitrogens with two attached hydrogens (primary N) is 1. The molecular weight excluding hydrogens is 538 g/mol. The van der Waals surface area contributed by atoms with E-state index in [1.165, 1.54) is 0 Å². The molecule has 4 aromatic rings. The zero-order valence-corrected chi connectivity index (χ0v) is 24.9. The first-order valence-electron chi connectivity index (χ1n) is 14.6. The van der Waals surface area contributed by atoms with Crippen LogP contribution in [-0.4, -0.2) is 35.6 Å². The Morgan fingerprint density at radius 1 is 0.977 bits per heavy atom. The number of anilines is 1.